The third-order valence-corrected chi connectivity index (χ3v) is 6.15. The number of nitrogens with one attached hydrogen (secondary N) is 2. The maximum atomic E-state index is 14.4. The van der Waals surface area contributed by atoms with Crippen LogP contribution < -0.4 is 16.4 Å². The molecule has 0 radical (unpaired) electrons. The predicted molar refractivity (Wildman–Crippen MR) is 125 cm³/mol. The second-order valence-corrected chi connectivity index (χ2v) is 8.49. The lowest BCUT2D eigenvalue weighted by Crippen LogP contribution is -2.48. The van der Waals surface area contributed by atoms with Crippen molar-refractivity contribution in [2.24, 2.45) is 5.73 Å². The zero-order chi connectivity index (χ0) is 25.3. The van der Waals surface area contributed by atoms with Crippen molar-refractivity contribution < 1.29 is 28.3 Å². The van der Waals surface area contributed by atoms with Gasteiger partial charge in [0.1, 0.15) is 18.0 Å². The number of para-hydroxylation sites is 1. The summed E-state index contributed by atoms with van der Waals surface area (Å²) >= 11 is 5.79. The van der Waals surface area contributed by atoms with Crippen LogP contribution in [0.4, 0.5) is 24.1 Å². The van der Waals surface area contributed by atoms with E-state index >= 15 is 0 Å². The molecule has 0 aliphatic carbocycles. The van der Waals surface area contributed by atoms with Crippen LogP contribution in [0.15, 0.2) is 48.7 Å². The second-order valence-electron chi connectivity index (χ2n) is 8.09. The number of aliphatic hydroxyl groups excluding tert-OH is 1. The molecule has 0 bridgehead atoms. The number of halogens is 3. The Balaban J connectivity index is 1.54. The normalized spacial score (nSPS) is 18.5. The number of primary amides is 1. The first kappa shape index (κ1) is 24.4. The van der Waals surface area contributed by atoms with Gasteiger partial charge in [-0.05, 0) is 12.1 Å². The molecule has 4 rings (SSSR count). The lowest BCUT2D eigenvalue weighted by atomic mass is 10.1. The number of hydrogen-bond donors (Lipinski definition) is 4. The van der Waals surface area contributed by atoms with Crippen LogP contribution in [0.5, 0.6) is 0 Å². The fourth-order valence-corrected chi connectivity index (χ4v) is 4.37. The minimum Gasteiger partial charge on any atom is -0.394 e. The predicted octanol–water partition coefficient (Wildman–Crippen LogP) is 3.15. The Kier molecular flexibility index (Phi) is 6.90. The van der Waals surface area contributed by atoms with Crippen molar-refractivity contribution in [2.45, 2.75) is 24.7 Å². The average molecular weight is 506 g/mol. The van der Waals surface area contributed by atoms with Crippen molar-refractivity contribution in [3.05, 3.63) is 65.1 Å². The van der Waals surface area contributed by atoms with Crippen molar-refractivity contribution in [3.8, 4) is 0 Å². The fourth-order valence-electron chi connectivity index (χ4n) is 4.19. The molecule has 1 saturated heterocycles. The number of fused-ring (bicyclic) bond motifs is 1. The van der Waals surface area contributed by atoms with Crippen LogP contribution in [0.3, 0.4) is 0 Å². The molecule has 184 valence electrons. The number of alkyl halides is 1. The molecule has 1 fully saturated rings. The first-order chi connectivity index (χ1) is 16.7. The first-order valence-electron chi connectivity index (χ1n) is 10.7. The van der Waals surface area contributed by atoms with Crippen molar-refractivity contribution in [1.29, 1.82) is 0 Å². The summed E-state index contributed by atoms with van der Waals surface area (Å²) in [7, 11) is 0. The topological polar surface area (TPSA) is 130 Å². The number of benzene rings is 2. The van der Waals surface area contributed by atoms with Gasteiger partial charge in [0.05, 0.1) is 35.4 Å². The minimum absolute atomic E-state index is 0.0431. The molecule has 0 spiro atoms. The van der Waals surface area contributed by atoms with Gasteiger partial charge in [0.15, 0.2) is 0 Å². The van der Waals surface area contributed by atoms with E-state index in [1.165, 1.54) is 24.4 Å². The molecule has 12 heteroatoms. The summed E-state index contributed by atoms with van der Waals surface area (Å²) in [6.07, 6.45) is -0.413. The average Bonchev–Trinajstić information content (AvgIpc) is 3.40. The number of nitrogens with two attached hydrogens (primary N) is 1. The molecule has 1 aromatic heterocycles. The van der Waals surface area contributed by atoms with E-state index in [1.807, 2.05) is 0 Å². The molecular weight excluding hydrogens is 484 g/mol. The van der Waals surface area contributed by atoms with Crippen LogP contribution in [0, 0.1) is 5.82 Å². The third-order valence-electron chi connectivity index (χ3n) is 5.86. The highest BCUT2D eigenvalue weighted by molar-refractivity contribution is 6.30. The third kappa shape index (κ3) is 4.77. The molecule has 2 heterocycles. The summed E-state index contributed by atoms with van der Waals surface area (Å²) < 4.78 is 29.9. The number of carbonyl (C=O) groups excluding carboxylic acids is 3. The van der Waals surface area contributed by atoms with Gasteiger partial charge in [0, 0.05) is 23.6 Å². The van der Waals surface area contributed by atoms with E-state index in [4.69, 9.17) is 17.3 Å². The van der Waals surface area contributed by atoms with E-state index in [9.17, 15) is 28.3 Å². The molecule has 0 saturated carbocycles. The Morgan fingerprint density at radius 2 is 1.94 bits per heavy atom. The van der Waals surface area contributed by atoms with Gasteiger partial charge in [-0.15, -0.1) is 0 Å². The van der Waals surface area contributed by atoms with Gasteiger partial charge in [-0.1, -0.05) is 41.9 Å². The van der Waals surface area contributed by atoms with Gasteiger partial charge in [0.25, 0.3) is 0 Å². The van der Waals surface area contributed by atoms with Crippen molar-refractivity contribution >= 4 is 46.2 Å². The number of rotatable bonds is 5. The lowest BCUT2D eigenvalue weighted by Gasteiger charge is -2.26. The standard InChI is InChI=1S/C23H22ClF2N5O4/c24-15-6-3-5-14(20(15)26)17(11-32)28-21(33)19-8-12(25)9-31(19)23(35)29-16-10-30(22(27)34)18-7-2-1-4-13(16)18/h1-7,10,12,17,19,32H,8-9,11H2,(H2,27,34)(H,28,33)(H,29,35)/t12-,17-,19+/m1/s1. The van der Waals surface area contributed by atoms with E-state index in [1.54, 1.807) is 24.3 Å². The van der Waals surface area contributed by atoms with Crippen LogP contribution in [0.2, 0.25) is 5.02 Å². The SMILES string of the molecule is NC(=O)n1cc(NC(=O)N2C[C@H](F)C[C@H]2C(=O)N[C@H](CO)c2cccc(Cl)c2F)c2ccccc21. The molecule has 2 aromatic carbocycles. The van der Waals surface area contributed by atoms with Gasteiger partial charge >= 0.3 is 12.1 Å². The Bertz CT molecular complexity index is 1300. The Hall–Kier alpha value is -3.70. The maximum Gasteiger partial charge on any atom is 0.323 e. The van der Waals surface area contributed by atoms with Gasteiger partial charge in [-0.2, -0.15) is 0 Å². The number of anilines is 1. The number of urea groups is 1. The fraction of sp³-hybridized carbons (Fsp3) is 0.261. The van der Waals surface area contributed by atoms with E-state index in [-0.39, 0.29) is 29.2 Å². The van der Waals surface area contributed by atoms with Gasteiger partial charge in [0.2, 0.25) is 5.91 Å². The summed E-state index contributed by atoms with van der Waals surface area (Å²) in [5, 5.41) is 15.1. The molecule has 35 heavy (non-hydrogen) atoms. The van der Waals surface area contributed by atoms with Crippen LogP contribution in [0.25, 0.3) is 10.9 Å². The van der Waals surface area contributed by atoms with Crippen molar-refractivity contribution in [3.63, 3.8) is 0 Å². The number of likely N-dealkylation sites (tertiary alicyclic amines) is 1. The number of hydrogen-bond acceptors (Lipinski definition) is 4. The molecule has 3 aromatic rings. The highest BCUT2D eigenvalue weighted by atomic mass is 35.5. The van der Waals surface area contributed by atoms with E-state index < -0.39 is 48.6 Å². The summed E-state index contributed by atoms with van der Waals surface area (Å²) in [6.45, 7) is -0.999. The minimum atomic E-state index is -1.47. The quantitative estimate of drug-likeness (QED) is 0.424. The number of aromatic nitrogens is 1. The molecule has 5 N–H and O–H groups in total. The zero-order valence-electron chi connectivity index (χ0n) is 18.2. The smallest absolute Gasteiger partial charge is 0.323 e. The molecule has 9 nitrogen and oxygen atoms in total. The van der Waals surface area contributed by atoms with Crippen molar-refractivity contribution in [2.75, 3.05) is 18.5 Å². The molecule has 3 atom stereocenters. The Morgan fingerprint density at radius 1 is 1.20 bits per heavy atom. The number of carbonyl (C=O) groups is 3. The maximum absolute atomic E-state index is 14.4. The first-order valence-corrected chi connectivity index (χ1v) is 11.1. The monoisotopic (exact) mass is 505 g/mol. The summed E-state index contributed by atoms with van der Waals surface area (Å²) in [4.78, 5) is 38.8. The van der Waals surface area contributed by atoms with Crippen LogP contribution in [0.1, 0.15) is 18.0 Å². The number of nitrogens with zero attached hydrogens (tertiary/aromatic N) is 2. The van der Waals surface area contributed by atoms with E-state index in [0.717, 1.165) is 9.47 Å². The Labute approximate surface area is 203 Å². The lowest BCUT2D eigenvalue weighted by molar-refractivity contribution is -0.125. The molecule has 1 aliphatic rings. The second kappa shape index (κ2) is 9.88. The van der Waals surface area contributed by atoms with E-state index in [0.29, 0.717) is 10.9 Å². The molecule has 4 amide bonds. The van der Waals surface area contributed by atoms with E-state index in [2.05, 4.69) is 10.6 Å². The van der Waals surface area contributed by atoms with Crippen LogP contribution in [-0.2, 0) is 4.79 Å². The van der Waals surface area contributed by atoms with Gasteiger partial charge in [-0.3, -0.25) is 9.36 Å². The highest BCUT2D eigenvalue weighted by Gasteiger charge is 2.41. The van der Waals surface area contributed by atoms with Crippen LogP contribution >= 0.6 is 11.6 Å². The summed E-state index contributed by atoms with van der Waals surface area (Å²) in [5.74, 6) is -1.57. The molecule has 0 unspecified atom stereocenters. The number of aliphatic hydroxyl groups is 1. The van der Waals surface area contributed by atoms with Crippen LogP contribution in [-0.4, -0.2) is 57.9 Å². The van der Waals surface area contributed by atoms with Gasteiger partial charge in [-0.25, -0.2) is 18.4 Å². The molecule has 1 aliphatic heterocycles. The van der Waals surface area contributed by atoms with Gasteiger partial charge < -0.3 is 26.4 Å². The Morgan fingerprint density at radius 3 is 2.66 bits per heavy atom. The number of amides is 4. The highest BCUT2D eigenvalue weighted by Crippen LogP contribution is 2.29. The van der Waals surface area contributed by atoms with Crippen molar-refractivity contribution in [1.82, 2.24) is 14.8 Å². The largest absolute Gasteiger partial charge is 0.394 e. The summed E-state index contributed by atoms with van der Waals surface area (Å²) in [5.41, 5.74) is 6.07. The zero-order valence-corrected chi connectivity index (χ0v) is 19.0. The molecular formula is C23H22ClF2N5O4. The summed E-state index contributed by atoms with van der Waals surface area (Å²) in [6, 6.07) is 6.95.